The quantitative estimate of drug-likeness (QED) is 0.783. The molecule has 3 rings (SSSR count). The van der Waals surface area contributed by atoms with Crippen molar-refractivity contribution in [2.24, 2.45) is 0 Å². The maximum absolute atomic E-state index is 12.5. The van der Waals surface area contributed by atoms with Gasteiger partial charge in [0.15, 0.2) is 12.3 Å². The Labute approximate surface area is 156 Å². The van der Waals surface area contributed by atoms with E-state index in [1.165, 1.54) is 0 Å². The number of hydrogen-bond donors (Lipinski definition) is 1. The Morgan fingerprint density at radius 2 is 1.74 bits per heavy atom. The molecule has 1 N–H and O–H groups in total. The number of esters is 1. The van der Waals surface area contributed by atoms with E-state index in [1.54, 1.807) is 29.2 Å². The van der Waals surface area contributed by atoms with E-state index in [0.717, 1.165) is 30.4 Å². The van der Waals surface area contributed by atoms with Crippen molar-refractivity contribution in [1.82, 2.24) is 14.7 Å². The summed E-state index contributed by atoms with van der Waals surface area (Å²) in [6.45, 7) is 0.690. The van der Waals surface area contributed by atoms with Gasteiger partial charge in [0.2, 0.25) is 0 Å². The smallest absolute Gasteiger partial charge is 0.359 e. The number of rotatable bonds is 5. The van der Waals surface area contributed by atoms with Gasteiger partial charge in [-0.1, -0.05) is 31.0 Å². The number of nitrogens with zero attached hydrogens (tertiary/aromatic N) is 3. The number of likely N-dealkylation sites (tertiary alicyclic amines) is 1. The number of carbonyl (C=O) groups excluding carboxylic acids is 2. The molecule has 1 aromatic carbocycles. The molecule has 1 aliphatic rings. The van der Waals surface area contributed by atoms with E-state index in [-0.39, 0.29) is 31.4 Å². The zero-order valence-corrected chi connectivity index (χ0v) is 15.1. The molecular formula is C19H23N3O5. The van der Waals surface area contributed by atoms with Gasteiger partial charge in [-0.15, -0.1) is 0 Å². The van der Waals surface area contributed by atoms with Gasteiger partial charge < -0.3 is 14.7 Å². The number of aliphatic hydroxyl groups excluding tert-OH is 1. The molecule has 8 heteroatoms. The van der Waals surface area contributed by atoms with Crippen LogP contribution in [-0.4, -0.2) is 58.0 Å². The minimum absolute atomic E-state index is 0.0311. The largest absolute Gasteiger partial charge is 0.451 e. The van der Waals surface area contributed by atoms with Gasteiger partial charge in [0, 0.05) is 18.5 Å². The molecular weight excluding hydrogens is 350 g/mol. The van der Waals surface area contributed by atoms with E-state index in [4.69, 9.17) is 9.84 Å². The Morgan fingerprint density at radius 3 is 2.41 bits per heavy atom. The van der Waals surface area contributed by atoms with Gasteiger partial charge in [-0.05, 0) is 18.9 Å². The molecule has 0 radical (unpaired) electrons. The van der Waals surface area contributed by atoms with Gasteiger partial charge in [0.25, 0.3) is 11.5 Å². The van der Waals surface area contributed by atoms with Crippen molar-refractivity contribution in [1.29, 1.82) is 0 Å². The second kappa shape index (κ2) is 8.77. The first-order valence-electron chi connectivity index (χ1n) is 9.17. The van der Waals surface area contributed by atoms with Crippen LogP contribution in [0.15, 0.2) is 29.1 Å². The van der Waals surface area contributed by atoms with Crippen LogP contribution in [0.4, 0.5) is 0 Å². The van der Waals surface area contributed by atoms with Crippen molar-refractivity contribution in [3.8, 4) is 0 Å². The first-order chi connectivity index (χ1) is 13.1. The fourth-order valence-corrected chi connectivity index (χ4v) is 3.24. The van der Waals surface area contributed by atoms with Gasteiger partial charge in [-0.3, -0.25) is 9.59 Å². The van der Waals surface area contributed by atoms with Crippen LogP contribution in [0.25, 0.3) is 10.8 Å². The van der Waals surface area contributed by atoms with Crippen molar-refractivity contribution in [3.63, 3.8) is 0 Å². The van der Waals surface area contributed by atoms with Crippen LogP contribution in [0.5, 0.6) is 0 Å². The summed E-state index contributed by atoms with van der Waals surface area (Å²) in [7, 11) is 0. The Kier molecular flexibility index (Phi) is 6.18. The first kappa shape index (κ1) is 19.0. The van der Waals surface area contributed by atoms with Gasteiger partial charge in [0.1, 0.15) is 0 Å². The van der Waals surface area contributed by atoms with Crippen molar-refractivity contribution < 1.29 is 19.4 Å². The molecule has 1 saturated heterocycles. The number of amides is 1. The number of carbonyl (C=O) groups is 2. The highest BCUT2D eigenvalue weighted by molar-refractivity contribution is 6.02. The molecule has 1 aliphatic heterocycles. The predicted octanol–water partition coefficient (Wildman–Crippen LogP) is 0.948. The highest BCUT2D eigenvalue weighted by atomic mass is 16.5. The van der Waals surface area contributed by atoms with Crippen LogP contribution in [0, 0.1) is 0 Å². The fraction of sp³-hybridized carbons (Fsp3) is 0.474. The Bertz CT molecular complexity index is 885. The number of fused-ring (bicyclic) bond motifs is 1. The molecule has 0 aliphatic carbocycles. The highest BCUT2D eigenvalue weighted by Crippen LogP contribution is 2.15. The molecule has 0 saturated carbocycles. The molecule has 1 aromatic heterocycles. The van der Waals surface area contributed by atoms with E-state index in [0.29, 0.717) is 23.9 Å². The first-order valence-corrected chi connectivity index (χ1v) is 9.17. The van der Waals surface area contributed by atoms with E-state index in [9.17, 15) is 14.4 Å². The third-order valence-corrected chi connectivity index (χ3v) is 4.66. The molecule has 0 spiro atoms. The molecule has 1 fully saturated rings. The lowest BCUT2D eigenvalue weighted by Crippen LogP contribution is -2.35. The lowest BCUT2D eigenvalue weighted by molar-refractivity contribution is -0.134. The summed E-state index contributed by atoms with van der Waals surface area (Å²) in [6.07, 6.45) is 4.12. The molecule has 0 unspecified atom stereocenters. The summed E-state index contributed by atoms with van der Waals surface area (Å²) in [6, 6.07) is 6.58. The average Bonchev–Trinajstić information content (AvgIpc) is 2.98. The number of ether oxygens (including phenoxy) is 1. The SMILES string of the molecule is O=C(OCC(=O)N1CCCCCC1)c1nn(CCO)c(=O)c2ccccc12. The maximum Gasteiger partial charge on any atom is 0.359 e. The molecule has 27 heavy (non-hydrogen) atoms. The molecule has 2 heterocycles. The number of aliphatic hydroxyl groups is 1. The van der Waals surface area contributed by atoms with Gasteiger partial charge in [-0.2, -0.15) is 5.10 Å². The second-order valence-corrected chi connectivity index (χ2v) is 6.52. The minimum Gasteiger partial charge on any atom is -0.451 e. The number of benzene rings is 1. The summed E-state index contributed by atoms with van der Waals surface area (Å²) in [4.78, 5) is 39.0. The van der Waals surface area contributed by atoms with E-state index in [1.807, 2.05) is 0 Å². The molecule has 8 nitrogen and oxygen atoms in total. The average molecular weight is 373 g/mol. The van der Waals surface area contributed by atoms with Crippen LogP contribution >= 0.6 is 0 Å². The van der Waals surface area contributed by atoms with Crippen molar-refractivity contribution in [3.05, 3.63) is 40.3 Å². The summed E-state index contributed by atoms with van der Waals surface area (Å²) >= 11 is 0. The Hall–Kier alpha value is -2.74. The zero-order valence-electron chi connectivity index (χ0n) is 15.1. The molecule has 0 bridgehead atoms. The van der Waals surface area contributed by atoms with Crippen molar-refractivity contribution >= 4 is 22.6 Å². The lowest BCUT2D eigenvalue weighted by atomic mass is 10.1. The topological polar surface area (TPSA) is 102 Å². The van der Waals surface area contributed by atoms with Crippen molar-refractivity contribution in [2.75, 3.05) is 26.3 Å². The Balaban J connectivity index is 1.79. The van der Waals surface area contributed by atoms with Gasteiger partial charge in [-0.25, -0.2) is 9.48 Å². The normalized spacial score (nSPS) is 14.8. The van der Waals surface area contributed by atoms with Crippen LogP contribution in [-0.2, 0) is 16.1 Å². The van der Waals surface area contributed by atoms with E-state index < -0.39 is 11.5 Å². The monoisotopic (exact) mass is 373 g/mol. The van der Waals surface area contributed by atoms with E-state index >= 15 is 0 Å². The zero-order chi connectivity index (χ0) is 19.2. The second-order valence-electron chi connectivity index (χ2n) is 6.52. The summed E-state index contributed by atoms with van der Waals surface area (Å²) < 4.78 is 6.23. The summed E-state index contributed by atoms with van der Waals surface area (Å²) in [5.41, 5.74) is -0.431. The maximum atomic E-state index is 12.5. The summed E-state index contributed by atoms with van der Waals surface area (Å²) in [5, 5.41) is 13.8. The fourth-order valence-electron chi connectivity index (χ4n) is 3.24. The predicted molar refractivity (Wildman–Crippen MR) is 98.4 cm³/mol. The summed E-state index contributed by atoms with van der Waals surface area (Å²) in [5.74, 6) is -0.987. The van der Waals surface area contributed by atoms with E-state index in [2.05, 4.69) is 5.10 Å². The van der Waals surface area contributed by atoms with Crippen molar-refractivity contribution in [2.45, 2.75) is 32.2 Å². The molecule has 2 aromatic rings. The molecule has 144 valence electrons. The third-order valence-electron chi connectivity index (χ3n) is 4.66. The van der Waals surface area contributed by atoms with Crippen LogP contribution in [0.1, 0.15) is 36.2 Å². The Morgan fingerprint density at radius 1 is 1.07 bits per heavy atom. The van der Waals surface area contributed by atoms with Crippen LogP contribution < -0.4 is 5.56 Å². The van der Waals surface area contributed by atoms with Gasteiger partial charge in [0.05, 0.1) is 18.5 Å². The third kappa shape index (κ3) is 4.33. The molecule has 0 atom stereocenters. The standard InChI is InChI=1S/C19H23N3O5/c23-12-11-22-18(25)15-8-4-3-7-14(15)17(20-22)19(26)27-13-16(24)21-9-5-1-2-6-10-21/h3-4,7-8,23H,1-2,5-6,9-13H2. The minimum atomic E-state index is -0.763. The van der Waals surface area contributed by atoms with Crippen LogP contribution in [0.2, 0.25) is 0 Å². The molecule has 1 amide bonds. The highest BCUT2D eigenvalue weighted by Gasteiger charge is 2.21. The number of aromatic nitrogens is 2. The number of hydrogen-bond acceptors (Lipinski definition) is 6. The van der Waals surface area contributed by atoms with Gasteiger partial charge >= 0.3 is 5.97 Å². The van der Waals surface area contributed by atoms with Crippen LogP contribution in [0.3, 0.4) is 0 Å². The lowest BCUT2D eigenvalue weighted by Gasteiger charge is -2.20.